The molecule has 0 amide bonds. The Morgan fingerprint density at radius 2 is 1.53 bits per heavy atom. The van der Waals surface area contributed by atoms with Crippen molar-refractivity contribution in [3.63, 3.8) is 0 Å². The first kappa shape index (κ1) is 20.5. The quantitative estimate of drug-likeness (QED) is 0.609. The van der Waals surface area contributed by atoms with Crippen molar-refractivity contribution in [1.29, 1.82) is 0 Å². The standard InChI is InChI=1S/C27H45NO2/c1-15-4-7-25-16(2)18-5-6-19-20(22(18)14-28(25)13-15)11-23-21(19)12-26(30)24-10-17(29)8-9-27(23,24)3/h15-26,29-30H,4-14H2,1-3H3/t15-,16+,17-,18+,19+,20+,21-,22+,23-,24+,25-,26-,27+/m0/s1. The summed E-state index contributed by atoms with van der Waals surface area (Å²) in [5, 5.41) is 21.5. The van der Waals surface area contributed by atoms with Gasteiger partial charge < -0.3 is 10.2 Å². The number of hydrogen-bond donors (Lipinski definition) is 2. The van der Waals surface area contributed by atoms with Crippen LogP contribution in [0.3, 0.4) is 0 Å². The van der Waals surface area contributed by atoms with Crippen molar-refractivity contribution in [2.75, 3.05) is 13.1 Å². The van der Waals surface area contributed by atoms with Crippen molar-refractivity contribution in [2.24, 2.45) is 58.7 Å². The Labute approximate surface area is 184 Å². The number of aliphatic hydroxyl groups excluding tert-OH is 2. The Bertz CT molecular complexity index is 665. The van der Waals surface area contributed by atoms with Gasteiger partial charge in [0, 0.05) is 19.1 Å². The van der Waals surface area contributed by atoms with Gasteiger partial charge in [-0.25, -0.2) is 0 Å². The smallest absolute Gasteiger partial charge is 0.0577 e. The molecule has 0 spiro atoms. The van der Waals surface area contributed by atoms with Crippen molar-refractivity contribution >= 4 is 0 Å². The SMILES string of the molecule is C[C@H]1CC[C@H]2[C@H](C)[C@H]3CC[C@@H]4[C@@H](C[C@H]5[C@H]4C[C@H](O)[C@H]4C[C@@H](O)CC[C@@]45C)[C@@H]3CN2C1. The van der Waals surface area contributed by atoms with Gasteiger partial charge in [0.05, 0.1) is 12.2 Å². The first-order valence-electron chi connectivity index (χ1n) is 13.5. The van der Waals surface area contributed by atoms with Gasteiger partial charge in [-0.3, -0.25) is 4.90 Å². The average Bonchev–Trinajstić information content (AvgIpc) is 3.09. The van der Waals surface area contributed by atoms with E-state index in [0.717, 1.165) is 79.1 Å². The molecule has 170 valence electrons. The third-order valence-corrected chi connectivity index (χ3v) is 12.0. The predicted molar refractivity (Wildman–Crippen MR) is 120 cm³/mol. The Hall–Kier alpha value is -0.120. The third kappa shape index (κ3) is 2.86. The van der Waals surface area contributed by atoms with Gasteiger partial charge in [0.15, 0.2) is 0 Å². The highest BCUT2D eigenvalue weighted by Crippen LogP contribution is 2.67. The van der Waals surface area contributed by atoms with Gasteiger partial charge in [0.1, 0.15) is 0 Å². The molecule has 6 aliphatic rings. The van der Waals surface area contributed by atoms with E-state index in [1.54, 1.807) is 0 Å². The summed E-state index contributed by atoms with van der Waals surface area (Å²) in [4.78, 5) is 2.92. The van der Waals surface area contributed by atoms with Crippen LogP contribution in [0.5, 0.6) is 0 Å². The monoisotopic (exact) mass is 415 g/mol. The van der Waals surface area contributed by atoms with Gasteiger partial charge in [0.25, 0.3) is 0 Å². The molecule has 4 saturated carbocycles. The second-order valence-corrected chi connectivity index (χ2v) is 13.1. The van der Waals surface area contributed by atoms with Crippen LogP contribution in [0.25, 0.3) is 0 Å². The van der Waals surface area contributed by atoms with Gasteiger partial charge in [0.2, 0.25) is 0 Å². The molecule has 13 atom stereocenters. The zero-order chi connectivity index (χ0) is 20.8. The molecule has 30 heavy (non-hydrogen) atoms. The first-order valence-corrected chi connectivity index (χ1v) is 13.5. The van der Waals surface area contributed by atoms with E-state index in [-0.39, 0.29) is 17.6 Å². The van der Waals surface area contributed by atoms with Crippen molar-refractivity contribution < 1.29 is 10.2 Å². The van der Waals surface area contributed by atoms with Crippen LogP contribution in [0, 0.1) is 58.7 Å². The van der Waals surface area contributed by atoms with Crippen LogP contribution in [0.2, 0.25) is 0 Å². The van der Waals surface area contributed by atoms with E-state index in [9.17, 15) is 10.2 Å². The van der Waals surface area contributed by atoms with Gasteiger partial charge in [-0.1, -0.05) is 20.8 Å². The number of piperidine rings is 2. The van der Waals surface area contributed by atoms with Gasteiger partial charge in [-0.15, -0.1) is 0 Å². The van der Waals surface area contributed by atoms with E-state index >= 15 is 0 Å². The Morgan fingerprint density at radius 3 is 2.37 bits per heavy atom. The van der Waals surface area contributed by atoms with E-state index in [4.69, 9.17) is 0 Å². The van der Waals surface area contributed by atoms with Gasteiger partial charge in [-0.05, 0) is 116 Å². The van der Waals surface area contributed by atoms with Crippen LogP contribution in [-0.4, -0.2) is 46.5 Å². The molecule has 2 saturated heterocycles. The summed E-state index contributed by atoms with van der Waals surface area (Å²) >= 11 is 0. The number of rotatable bonds is 0. The van der Waals surface area contributed by atoms with Crippen molar-refractivity contribution in [3.8, 4) is 0 Å². The van der Waals surface area contributed by atoms with E-state index < -0.39 is 0 Å². The molecule has 2 N–H and O–H groups in total. The normalized spacial score (nSPS) is 60.7. The number of nitrogens with zero attached hydrogens (tertiary/aromatic N) is 1. The fraction of sp³-hybridized carbons (Fsp3) is 1.00. The number of hydrogen-bond acceptors (Lipinski definition) is 3. The van der Waals surface area contributed by atoms with Crippen molar-refractivity contribution in [1.82, 2.24) is 4.90 Å². The van der Waals surface area contributed by atoms with Gasteiger partial charge in [-0.2, -0.15) is 0 Å². The molecule has 6 fully saturated rings. The fourth-order valence-electron chi connectivity index (χ4n) is 10.6. The van der Waals surface area contributed by atoms with E-state index in [0.29, 0.717) is 5.92 Å². The molecule has 3 heteroatoms. The topological polar surface area (TPSA) is 43.7 Å². The molecule has 0 bridgehead atoms. The summed E-state index contributed by atoms with van der Waals surface area (Å²) in [6.45, 7) is 10.3. The Kier molecular flexibility index (Phi) is 4.91. The van der Waals surface area contributed by atoms with Crippen LogP contribution in [0.15, 0.2) is 0 Å². The molecule has 0 aromatic rings. The molecule has 0 aromatic heterocycles. The predicted octanol–water partition coefficient (Wildman–Crippen LogP) is 4.56. The lowest BCUT2D eigenvalue weighted by atomic mass is 9.51. The van der Waals surface area contributed by atoms with Gasteiger partial charge >= 0.3 is 0 Å². The van der Waals surface area contributed by atoms with Crippen LogP contribution in [0.1, 0.15) is 78.6 Å². The zero-order valence-electron chi connectivity index (χ0n) is 19.5. The van der Waals surface area contributed by atoms with E-state index in [2.05, 4.69) is 25.7 Å². The maximum Gasteiger partial charge on any atom is 0.0577 e. The largest absolute Gasteiger partial charge is 0.393 e. The summed E-state index contributed by atoms with van der Waals surface area (Å²) in [5.41, 5.74) is 0.261. The molecular formula is C27H45NO2. The molecule has 2 aliphatic heterocycles. The summed E-state index contributed by atoms with van der Waals surface area (Å²) in [5.74, 6) is 7.22. The van der Waals surface area contributed by atoms with Crippen molar-refractivity contribution in [3.05, 3.63) is 0 Å². The second-order valence-electron chi connectivity index (χ2n) is 13.1. The molecule has 0 radical (unpaired) electrons. The lowest BCUT2D eigenvalue weighted by Gasteiger charge is -2.56. The lowest BCUT2D eigenvalue weighted by molar-refractivity contribution is -0.130. The summed E-state index contributed by atoms with van der Waals surface area (Å²) in [6, 6.07) is 0.853. The van der Waals surface area contributed by atoms with Crippen LogP contribution < -0.4 is 0 Å². The third-order valence-electron chi connectivity index (χ3n) is 12.0. The molecule has 0 unspecified atom stereocenters. The Morgan fingerprint density at radius 1 is 0.733 bits per heavy atom. The Balaban J connectivity index is 1.28. The summed E-state index contributed by atoms with van der Waals surface area (Å²) in [6.07, 6.45) is 10.7. The summed E-state index contributed by atoms with van der Waals surface area (Å²) < 4.78 is 0. The fourth-order valence-corrected chi connectivity index (χ4v) is 10.6. The molecular weight excluding hydrogens is 370 g/mol. The van der Waals surface area contributed by atoms with E-state index in [1.807, 2.05) is 0 Å². The molecule has 4 aliphatic carbocycles. The summed E-state index contributed by atoms with van der Waals surface area (Å²) in [7, 11) is 0. The number of fused-ring (bicyclic) bond motifs is 8. The molecule has 6 rings (SSSR count). The molecule has 3 nitrogen and oxygen atoms in total. The highest BCUT2D eigenvalue weighted by atomic mass is 16.3. The number of aliphatic hydroxyl groups is 2. The van der Waals surface area contributed by atoms with Crippen LogP contribution in [-0.2, 0) is 0 Å². The minimum absolute atomic E-state index is 0.180. The lowest BCUT2D eigenvalue weighted by Crippen LogP contribution is -2.58. The van der Waals surface area contributed by atoms with Crippen LogP contribution >= 0.6 is 0 Å². The molecule has 0 aromatic carbocycles. The average molecular weight is 416 g/mol. The molecule has 2 heterocycles. The van der Waals surface area contributed by atoms with Crippen LogP contribution in [0.4, 0.5) is 0 Å². The maximum atomic E-state index is 11.2. The van der Waals surface area contributed by atoms with Crippen molar-refractivity contribution in [2.45, 2.75) is 96.8 Å². The van der Waals surface area contributed by atoms with E-state index in [1.165, 1.54) is 45.2 Å². The first-order chi connectivity index (χ1) is 14.4. The maximum absolute atomic E-state index is 11.2. The minimum atomic E-state index is -0.181. The minimum Gasteiger partial charge on any atom is -0.393 e. The zero-order valence-corrected chi connectivity index (χ0v) is 19.5. The highest BCUT2D eigenvalue weighted by molar-refractivity contribution is 5.12. The second kappa shape index (κ2) is 7.19. The highest BCUT2D eigenvalue weighted by Gasteiger charge is 2.62.